The SMILES string of the molecule is COC(=O)CCCC(=O)OCSC(=NC(C)NC(=O)/C=C/c1ccccc1)Nc1cccc2cccnc12. The number of nitrogens with one attached hydrogen (secondary N) is 2. The van der Waals surface area contributed by atoms with Crippen LogP contribution in [0.15, 0.2) is 77.9 Å². The molecule has 9 nitrogen and oxygen atoms in total. The van der Waals surface area contributed by atoms with Crippen molar-refractivity contribution in [1.29, 1.82) is 0 Å². The van der Waals surface area contributed by atoms with Gasteiger partial charge < -0.3 is 20.1 Å². The third-order valence-electron chi connectivity index (χ3n) is 5.17. The first-order valence-corrected chi connectivity index (χ1v) is 13.0. The zero-order chi connectivity index (χ0) is 27.2. The summed E-state index contributed by atoms with van der Waals surface area (Å²) in [5.41, 5.74) is 2.39. The summed E-state index contributed by atoms with van der Waals surface area (Å²) in [5.74, 6) is -1.10. The number of thioether (sulfide) groups is 1. The molecule has 3 aromatic rings. The summed E-state index contributed by atoms with van der Waals surface area (Å²) in [6.45, 7) is 1.75. The van der Waals surface area contributed by atoms with E-state index in [0.717, 1.165) is 22.2 Å². The number of ether oxygens (including phenoxy) is 2. The zero-order valence-electron chi connectivity index (χ0n) is 21.3. The van der Waals surface area contributed by atoms with E-state index in [1.807, 2.05) is 60.7 Å². The van der Waals surface area contributed by atoms with Crippen LogP contribution >= 0.6 is 11.8 Å². The summed E-state index contributed by atoms with van der Waals surface area (Å²) < 4.78 is 9.88. The summed E-state index contributed by atoms with van der Waals surface area (Å²) in [4.78, 5) is 44.7. The number of carbonyl (C=O) groups excluding carboxylic acids is 3. The number of esters is 2. The number of amidine groups is 1. The van der Waals surface area contributed by atoms with Crippen LogP contribution in [-0.2, 0) is 23.9 Å². The fourth-order valence-corrected chi connectivity index (χ4v) is 4.04. The monoisotopic (exact) mass is 534 g/mol. The van der Waals surface area contributed by atoms with E-state index in [1.165, 1.54) is 24.9 Å². The van der Waals surface area contributed by atoms with Gasteiger partial charge in [0.15, 0.2) is 5.17 Å². The second-order valence-electron chi connectivity index (χ2n) is 8.08. The highest BCUT2D eigenvalue weighted by Gasteiger charge is 2.12. The Morgan fingerprint density at radius 2 is 1.79 bits per heavy atom. The summed E-state index contributed by atoms with van der Waals surface area (Å²) in [6.07, 6.45) is 4.90. The average molecular weight is 535 g/mol. The minimum absolute atomic E-state index is 0.00430. The summed E-state index contributed by atoms with van der Waals surface area (Å²) in [6, 6.07) is 19.0. The highest BCUT2D eigenvalue weighted by Crippen LogP contribution is 2.22. The maximum absolute atomic E-state index is 12.4. The second kappa shape index (κ2) is 15.2. The first kappa shape index (κ1) is 28.4. The van der Waals surface area contributed by atoms with Crippen LogP contribution < -0.4 is 10.6 Å². The molecule has 0 aliphatic heterocycles. The van der Waals surface area contributed by atoms with E-state index in [4.69, 9.17) is 4.74 Å². The van der Waals surface area contributed by atoms with Crippen LogP contribution in [0.2, 0.25) is 0 Å². The van der Waals surface area contributed by atoms with Crippen molar-refractivity contribution in [3.8, 4) is 0 Å². The lowest BCUT2D eigenvalue weighted by Crippen LogP contribution is -2.31. The van der Waals surface area contributed by atoms with Crippen LogP contribution in [0.25, 0.3) is 17.0 Å². The Morgan fingerprint density at radius 3 is 2.58 bits per heavy atom. The molecule has 0 fully saturated rings. The molecule has 1 heterocycles. The number of amides is 1. The van der Waals surface area contributed by atoms with E-state index in [-0.39, 0.29) is 30.7 Å². The molecular weight excluding hydrogens is 504 g/mol. The van der Waals surface area contributed by atoms with Crippen molar-refractivity contribution in [2.45, 2.75) is 32.4 Å². The third-order valence-corrected chi connectivity index (χ3v) is 5.88. The molecule has 1 aromatic heterocycles. The van der Waals surface area contributed by atoms with Gasteiger partial charge in [-0.1, -0.05) is 48.5 Å². The maximum atomic E-state index is 12.4. The number of hydrogen-bond donors (Lipinski definition) is 2. The molecule has 0 saturated heterocycles. The van der Waals surface area contributed by atoms with E-state index in [0.29, 0.717) is 11.6 Å². The van der Waals surface area contributed by atoms with Gasteiger partial charge in [-0.3, -0.25) is 19.4 Å². The van der Waals surface area contributed by atoms with E-state index >= 15 is 0 Å². The number of para-hydroxylation sites is 1. The van der Waals surface area contributed by atoms with Gasteiger partial charge in [0.2, 0.25) is 5.91 Å². The number of fused-ring (bicyclic) bond motifs is 1. The summed E-state index contributed by atoms with van der Waals surface area (Å²) >= 11 is 1.17. The molecule has 0 aliphatic carbocycles. The van der Waals surface area contributed by atoms with Crippen molar-refractivity contribution in [1.82, 2.24) is 10.3 Å². The number of aromatic nitrogens is 1. The van der Waals surface area contributed by atoms with Crippen molar-refractivity contribution in [2.24, 2.45) is 4.99 Å². The minimum Gasteiger partial charge on any atom is -0.469 e. The van der Waals surface area contributed by atoms with E-state index in [1.54, 1.807) is 19.2 Å². The minimum atomic E-state index is -0.573. The Kier molecular flexibility index (Phi) is 11.3. The molecule has 1 amide bonds. The molecule has 38 heavy (non-hydrogen) atoms. The molecule has 0 spiro atoms. The largest absolute Gasteiger partial charge is 0.469 e. The lowest BCUT2D eigenvalue weighted by molar-refractivity contribution is -0.142. The van der Waals surface area contributed by atoms with Gasteiger partial charge in [0.25, 0.3) is 0 Å². The van der Waals surface area contributed by atoms with Crippen molar-refractivity contribution in [3.63, 3.8) is 0 Å². The lowest BCUT2D eigenvalue weighted by atomic mass is 10.2. The first-order valence-electron chi connectivity index (χ1n) is 12.0. The van der Waals surface area contributed by atoms with Gasteiger partial charge in [-0.2, -0.15) is 0 Å². The van der Waals surface area contributed by atoms with Crippen molar-refractivity contribution in [3.05, 3.63) is 78.5 Å². The summed E-state index contributed by atoms with van der Waals surface area (Å²) in [7, 11) is 1.31. The standard InChI is InChI=1S/C28H30N4O5S/c1-20(30-24(33)17-16-21-9-4-3-5-10-21)31-28(38-19-37-26(35)15-7-14-25(34)36-2)32-23-13-6-11-22-12-8-18-29-27(22)23/h3-6,8-13,16-18,20H,7,14-15,19H2,1-2H3,(H,30,33)(H,31,32)/b17-16+. The normalized spacial score (nSPS) is 12.2. The van der Waals surface area contributed by atoms with Crippen LogP contribution in [-0.4, -0.2) is 47.2 Å². The van der Waals surface area contributed by atoms with Crippen LogP contribution in [0.4, 0.5) is 5.69 Å². The summed E-state index contributed by atoms with van der Waals surface area (Å²) in [5, 5.41) is 7.45. The molecule has 0 radical (unpaired) electrons. The lowest BCUT2D eigenvalue weighted by Gasteiger charge is -2.15. The predicted molar refractivity (Wildman–Crippen MR) is 150 cm³/mol. The molecular formula is C28H30N4O5S. The number of carbonyl (C=O) groups is 3. The number of aliphatic imine (C=N–C) groups is 1. The van der Waals surface area contributed by atoms with Gasteiger partial charge in [0, 0.05) is 30.5 Å². The molecule has 3 rings (SSSR count). The first-order chi connectivity index (χ1) is 18.4. The number of anilines is 1. The Bertz CT molecular complexity index is 1290. The van der Waals surface area contributed by atoms with Gasteiger partial charge in [0.1, 0.15) is 12.1 Å². The molecule has 198 valence electrons. The second-order valence-corrected chi connectivity index (χ2v) is 8.99. The number of rotatable bonds is 11. The molecule has 1 unspecified atom stereocenters. The van der Waals surface area contributed by atoms with E-state index in [9.17, 15) is 14.4 Å². The highest BCUT2D eigenvalue weighted by molar-refractivity contribution is 8.14. The van der Waals surface area contributed by atoms with Gasteiger partial charge in [-0.05, 0) is 48.9 Å². The van der Waals surface area contributed by atoms with Crippen molar-refractivity contribution < 1.29 is 23.9 Å². The average Bonchev–Trinajstić information content (AvgIpc) is 2.92. The Morgan fingerprint density at radius 1 is 1.03 bits per heavy atom. The van der Waals surface area contributed by atoms with Crippen LogP contribution in [0.5, 0.6) is 0 Å². The van der Waals surface area contributed by atoms with E-state index < -0.39 is 12.1 Å². The molecule has 10 heteroatoms. The Hall–Kier alpha value is -4.18. The molecule has 2 N–H and O–H groups in total. The number of benzene rings is 2. The van der Waals surface area contributed by atoms with Crippen LogP contribution in [0.1, 0.15) is 31.7 Å². The molecule has 0 bridgehead atoms. The Balaban J connectivity index is 1.65. The predicted octanol–water partition coefficient (Wildman–Crippen LogP) is 4.76. The number of pyridine rings is 1. The van der Waals surface area contributed by atoms with Crippen LogP contribution in [0, 0.1) is 0 Å². The fraction of sp³-hybridized carbons (Fsp3) is 0.250. The van der Waals surface area contributed by atoms with Gasteiger partial charge in [-0.15, -0.1) is 0 Å². The molecule has 2 aromatic carbocycles. The molecule has 0 aliphatic rings. The number of methoxy groups -OCH3 is 1. The van der Waals surface area contributed by atoms with Crippen molar-refractivity contribution in [2.75, 3.05) is 18.4 Å². The highest BCUT2D eigenvalue weighted by atomic mass is 32.2. The Labute approximate surface area is 225 Å². The maximum Gasteiger partial charge on any atom is 0.306 e. The van der Waals surface area contributed by atoms with E-state index in [2.05, 4.69) is 25.3 Å². The van der Waals surface area contributed by atoms with Gasteiger partial charge in [0.05, 0.1) is 18.3 Å². The van der Waals surface area contributed by atoms with Crippen molar-refractivity contribution >= 4 is 57.4 Å². The quantitative estimate of drug-likeness (QED) is 0.119. The number of nitrogens with zero attached hydrogens (tertiary/aromatic N) is 2. The van der Waals surface area contributed by atoms with Gasteiger partial charge in [-0.25, -0.2) is 4.99 Å². The fourth-order valence-electron chi connectivity index (χ4n) is 3.33. The smallest absolute Gasteiger partial charge is 0.306 e. The molecule has 0 saturated carbocycles. The molecule has 1 atom stereocenters. The topological polar surface area (TPSA) is 119 Å². The number of hydrogen-bond acceptors (Lipinski definition) is 8. The zero-order valence-corrected chi connectivity index (χ0v) is 22.1. The van der Waals surface area contributed by atoms with Crippen LogP contribution in [0.3, 0.4) is 0 Å². The third kappa shape index (κ3) is 9.70. The van der Waals surface area contributed by atoms with Gasteiger partial charge >= 0.3 is 11.9 Å².